The summed E-state index contributed by atoms with van der Waals surface area (Å²) in [5, 5.41) is 5.14. The predicted octanol–water partition coefficient (Wildman–Crippen LogP) is 1.83. The molecule has 1 rings (SSSR count). The molecule has 4 N–H and O–H groups in total. The number of hydrogen-bond donors (Lipinski definition) is 3. The summed E-state index contributed by atoms with van der Waals surface area (Å²) in [4.78, 5) is 5.52. The summed E-state index contributed by atoms with van der Waals surface area (Å²) in [5.41, 5.74) is 2.55. The maximum atomic E-state index is 5.33. The molecular weight excluding hydrogens is 276 g/mol. The Morgan fingerprint density at radius 1 is 1.67 bits per heavy atom. The average Bonchev–Trinajstić information content (AvgIpc) is 2.65. The molecule has 0 aromatic carbocycles. The third kappa shape index (κ3) is 4.63. The summed E-state index contributed by atoms with van der Waals surface area (Å²) in [5.74, 6) is 5.97. The van der Waals surface area contributed by atoms with Crippen LogP contribution in [0, 0.1) is 0 Å². The Morgan fingerprint density at radius 2 is 2.47 bits per heavy atom. The van der Waals surface area contributed by atoms with Gasteiger partial charge in [-0.1, -0.05) is 6.92 Å². The van der Waals surface area contributed by atoms with Gasteiger partial charge in [0.1, 0.15) is 0 Å². The van der Waals surface area contributed by atoms with Crippen LogP contribution in [0.4, 0.5) is 0 Å². The van der Waals surface area contributed by atoms with Crippen molar-refractivity contribution in [2.75, 3.05) is 6.54 Å². The molecule has 0 amide bonds. The Kier molecular flexibility index (Phi) is 5.67. The van der Waals surface area contributed by atoms with Gasteiger partial charge in [-0.3, -0.25) is 5.43 Å². The highest BCUT2D eigenvalue weighted by atomic mass is 79.9. The first-order valence-corrected chi connectivity index (χ1v) is 6.41. The van der Waals surface area contributed by atoms with Crippen molar-refractivity contribution < 1.29 is 0 Å². The fourth-order valence-corrected chi connectivity index (χ4v) is 2.36. The molecule has 0 unspecified atom stereocenters. The lowest BCUT2D eigenvalue weighted by Gasteiger charge is -2.06. The highest BCUT2D eigenvalue weighted by Crippen LogP contribution is 2.20. The molecule has 0 spiro atoms. The van der Waals surface area contributed by atoms with E-state index >= 15 is 0 Å². The number of hydrazine groups is 1. The summed E-state index contributed by atoms with van der Waals surface area (Å²) in [6, 6.07) is 2.06. The van der Waals surface area contributed by atoms with E-state index in [0.717, 1.165) is 17.4 Å². The molecule has 1 heterocycles. The summed E-state index contributed by atoms with van der Waals surface area (Å²) in [6.07, 6.45) is 1.05. The van der Waals surface area contributed by atoms with Crippen molar-refractivity contribution in [1.29, 1.82) is 0 Å². The highest BCUT2D eigenvalue weighted by Gasteiger charge is 1.98. The Hall–Kier alpha value is -0.590. The fourth-order valence-electron chi connectivity index (χ4n) is 0.990. The van der Waals surface area contributed by atoms with Crippen LogP contribution < -0.4 is 16.6 Å². The molecule has 1 aromatic rings. The SMILES string of the molecule is CCCNC(=NCc1cc(Br)cs1)NN. The first kappa shape index (κ1) is 12.5. The molecule has 0 saturated heterocycles. The van der Waals surface area contributed by atoms with Gasteiger partial charge in [0.2, 0.25) is 5.96 Å². The zero-order chi connectivity index (χ0) is 11.1. The topological polar surface area (TPSA) is 62.4 Å². The molecule has 0 fully saturated rings. The van der Waals surface area contributed by atoms with Gasteiger partial charge >= 0.3 is 0 Å². The van der Waals surface area contributed by atoms with Crippen molar-refractivity contribution >= 4 is 33.2 Å². The second kappa shape index (κ2) is 6.81. The number of rotatable bonds is 4. The first-order chi connectivity index (χ1) is 7.26. The normalized spacial score (nSPS) is 11.5. The second-order valence-corrected chi connectivity index (χ2v) is 4.88. The van der Waals surface area contributed by atoms with Gasteiger partial charge in [-0.25, -0.2) is 10.8 Å². The standard InChI is InChI=1S/C9H15BrN4S/c1-2-3-12-9(14-11)13-5-8-4-7(10)6-15-8/h4,6H,2-3,5,11H2,1H3,(H2,12,13,14). The number of halogens is 1. The monoisotopic (exact) mass is 290 g/mol. The lowest BCUT2D eigenvalue weighted by Crippen LogP contribution is -2.41. The van der Waals surface area contributed by atoms with E-state index in [4.69, 9.17) is 5.84 Å². The molecule has 0 aliphatic carbocycles. The first-order valence-electron chi connectivity index (χ1n) is 4.74. The maximum absolute atomic E-state index is 5.33. The average molecular weight is 291 g/mol. The van der Waals surface area contributed by atoms with E-state index in [1.54, 1.807) is 11.3 Å². The largest absolute Gasteiger partial charge is 0.355 e. The van der Waals surface area contributed by atoms with E-state index in [9.17, 15) is 0 Å². The summed E-state index contributed by atoms with van der Waals surface area (Å²) < 4.78 is 1.10. The minimum Gasteiger partial charge on any atom is -0.355 e. The van der Waals surface area contributed by atoms with Crippen LogP contribution in [0.3, 0.4) is 0 Å². The predicted molar refractivity (Wildman–Crippen MR) is 68.8 cm³/mol. The molecule has 0 bridgehead atoms. The van der Waals surface area contributed by atoms with E-state index in [1.807, 2.05) is 5.38 Å². The molecule has 0 atom stereocenters. The van der Waals surface area contributed by atoms with E-state index in [2.05, 4.69) is 44.7 Å². The Balaban J connectivity index is 2.46. The quantitative estimate of drug-likeness (QED) is 0.343. The van der Waals surface area contributed by atoms with E-state index in [-0.39, 0.29) is 0 Å². The lowest BCUT2D eigenvalue weighted by molar-refractivity contribution is 0.791. The molecule has 0 saturated carbocycles. The molecule has 0 radical (unpaired) electrons. The fraction of sp³-hybridized carbons (Fsp3) is 0.444. The van der Waals surface area contributed by atoms with E-state index in [1.165, 1.54) is 4.88 Å². The number of aliphatic imine (C=N–C) groups is 1. The van der Waals surface area contributed by atoms with Gasteiger partial charge < -0.3 is 5.32 Å². The smallest absolute Gasteiger partial charge is 0.206 e. The number of nitrogens with zero attached hydrogens (tertiary/aromatic N) is 1. The van der Waals surface area contributed by atoms with Crippen molar-refractivity contribution in [2.24, 2.45) is 10.8 Å². The van der Waals surface area contributed by atoms with Crippen LogP contribution in [0.5, 0.6) is 0 Å². The third-order valence-electron chi connectivity index (χ3n) is 1.69. The zero-order valence-corrected chi connectivity index (χ0v) is 11.0. The van der Waals surface area contributed by atoms with Gasteiger partial charge in [0.15, 0.2) is 0 Å². The van der Waals surface area contributed by atoms with E-state index < -0.39 is 0 Å². The summed E-state index contributed by atoms with van der Waals surface area (Å²) >= 11 is 5.08. The molecular formula is C9H15BrN4S. The third-order valence-corrected chi connectivity index (χ3v) is 3.38. The molecule has 4 nitrogen and oxygen atoms in total. The van der Waals surface area contributed by atoms with Gasteiger partial charge in [0.25, 0.3) is 0 Å². The number of nitrogens with one attached hydrogen (secondary N) is 2. The van der Waals surface area contributed by atoms with Crippen molar-refractivity contribution in [3.8, 4) is 0 Å². The van der Waals surface area contributed by atoms with Crippen LogP contribution in [0.15, 0.2) is 20.9 Å². The van der Waals surface area contributed by atoms with E-state index in [0.29, 0.717) is 12.5 Å². The van der Waals surface area contributed by atoms with Gasteiger partial charge in [-0.05, 0) is 28.4 Å². The number of nitrogens with two attached hydrogens (primary N) is 1. The van der Waals surface area contributed by atoms with Crippen LogP contribution in [0.2, 0.25) is 0 Å². The van der Waals surface area contributed by atoms with Crippen molar-refractivity contribution in [3.05, 3.63) is 20.8 Å². The highest BCUT2D eigenvalue weighted by molar-refractivity contribution is 9.10. The molecule has 15 heavy (non-hydrogen) atoms. The van der Waals surface area contributed by atoms with Gasteiger partial charge in [0, 0.05) is 21.3 Å². The molecule has 84 valence electrons. The molecule has 0 aliphatic rings. The van der Waals surface area contributed by atoms with Crippen molar-refractivity contribution in [1.82, 2.24) is 10.7 Å². The van der Waals surface area contributed by atoms with Gasteiger partial charge in [-0.15, -0.1) is 11.3 Å². The second-order valence-electron chi connectivity index (χ2n) is 2.97. The van der Waals surface area contributed by atoms with Crippen molar-refractivity contribution in [2.45, 2.75) is 19.9 Å². The molecule has 6 heteroatoms. The minimum absolute atomic E-state index is 0.640. The minimum atomic E-state index is 0.640. The summed E-state index contributed by atoms with van der Waals surface area (Å²) in [6.45, 7) is 3.61. The van der Waals surface area contributed by atoms with Crippen LogP contribution in [-0.2, 0) is 6.54 Å². The lowest BCUT2D eigenvalue weighted by atomic mass is 10.5. The Bertz CT molecular complexity index is 324. The van der Waals surface area contributed by atoms with Crippen LogP contribution >= 0.6 is 27.3 Å². The van der Waals surface area contributed by atoms with Crippen molar-refractivity contribution in [3.63, 3.8) is 0 Å². The van der Waals surface area contributed by atoms with Gasteiger partial charge in [0.05, 0.1) is 6.54 Å². The Morgan fingerprint density at radius 3 is 3.00 bits per heavy atom. The van der Waals surface area contributed by atoms with Crippen LogP contribution in [-0.4, -0.2) is 12.5 Å². The Labute approximate surface area is 102 Å². The maximum Gasteiger partial charge on any atom is 0.206 e. The summed E-state index contributed by atoms with van der Waals surface area (Å²) in [7, 11) is 0. The zero-order valence-electron chi connectivity index (χ0n) is 8.59. The van der Waals surface area contributed by atoms with Crippen LogP contribution in [0.1, 0.15) is 18.2 Å². The molecule has 0 aliphatic heterocycles. The number of hydrogen-bond acceptors (Lipinski definition) is 3. The molecule has 1 aromatic heterocycles. The van der Waals surface area contributed by atoms with Crippen LogP contribution in [0.25, 0.3) is 0 Å². The van der Waals surface area contributed by atoms with Gasteiger partial charge in [-0.2, -0.15) is 0 Å². The number of thiophene rings is 1. The number of guanidine groups is 1.